The molecule has 0 bridgehead atoms. The van der Waals surface area contributed by atoms with E-state index in [1.165, 1.54) is 0 Å². The van der Waals surface area contributed by atoms with Gasteiger partial charge < -0.3 is 14.2 Å². The minimum Gasteiger partial charge on any atom is -0.475 e. The van der Waals surface area contributed by atoms with Crippen molar-refractivity contribution < 1.29 is 14.2 Å². The number of hydrogen-bond donors (Lipinski definition) is 0. The third-order valence-electron chi connectivity index (χ3n) is 2.19. The highest BCUT2D eigenvalue weighted by Crippen LogP contribution is 2.16. The van der Waals surface area contributed by atoms with Crippen LogP contribution in [0.1, 0.15) is 17.8 Å². The van der Waals surface area contributed by atoms with Crippen LogP contribution in [0.3, 0.4) is 0 Å². The molecule has 0 saturated heterocycles. The van der Waals surface area contributed by atoms with Crippen LogP contribution in [-0.4, -0.2) is 43.5 Å². The van der Waals surface area contributed by atoms with Gasteiger partial charge in [-0.15, -0.1) is 11.6 Å². The zero-order chi connectivity index (χ0) is 13.2. The summed E-state index contributed by atoms with van der Waals surface area (Å²) in [4.78, 5) is 8.27. The second-order valence-electron chi connectivity index (χ2n) is 3.69. The van der Waals surface area contributed by atoms with Gasteiger partial charge in [-0.2, -0.15) is 4.98 Å². The topological polar surface area (TPSA) is 53.5 Å². The van der Waals surface area contributed by atoms with Crippen LogP contribution in [0.4, 0.5) is 0 Å². The van der Waals surface area contributed by atoms with E-state index in [1.54, 1.807) is 13.3 Å². The van der Waals surface area contributed by atoms with E-state index in [9.17, 15) is 0 Å². The summed E-state index contributed by atoms with van der Waals surface area (Å²) in [6.45, 7) is 4.17. The zero-order valence-electron chi connectivity index (χ0n) is 10.8. The first-order chi connectivity index (χ1) is 8.77. The molecule has 1 aromatic rings. The summed E-state index contributed by atoms with van der Waals surface area (Å²) in [5.41, 5.74) is 0.793. The van der Waals surface area contributed by atoms with Crippen LogP contribution >= 0.6 is 11.6 Å². The van der Waals surface area contributed by atoms with E-state index in [-0.39, 0.29) is 0 Å². The summed E-state index contributed by atoms with van der Waals surface area (Å²) in [7, 11) is 1.67. The molecule has 0 unspecified atom stereocenters. The smallest absolute Gasteiger partial charge is 0.221 e. The molecule has 0 aliphatic heterocycles. The average molecular weight is 275 g/mol. The van der Waals surface area contributed by atoms with Gasteiger partial charge in [0.2, 0.25) is 5.88 Å². The zero-order valence-corrected chi connectivity index (χ0v) is 11.6. The number of nitrogens with zero attached hydrogens (tertiary/aromatic N) is 2. The summed E-state index contributed by atoms with van der Waals surface area (Å²) >= 11 is 5.78. The predicted molar refractivity (Wildman–Crippen MR) is 69.1 cm³/mol. The molecule has 0 aromatic carbocycles. The first-order valence-electron chi connectivity index (χ1n) is 5.86. The normalized spacial score (nSPS) is 10.6. The van der Waals surface area contributed by atoms with Gasteiger partial charge in [0.1, 0.15) is 12.4 Å². The van der Waals surface area contributed by atoms with Crippen LogP contribution in [0.5, 0.6) is 5.88 Å². The van der Waals surface area contributed by atoms with Gasteiger partial charge in [0.25, 0.3) is 0 Å². The third kappa shape index (κ3) is 5.62. The van der Waals surface area contributed by atoms with E-state index in [0.29, 0.717) is 44.0 Å². The van der Waals surface area contributed by atoms with E-state index >= 15 is 0 Å². The highest BCUT2D eigenvalue weighted by Gasteiger charge is 2.05. The Hall–Kier alpha value is -0.910. The van der Waals surface area contributed by atoms with Crippen LogP contribution in [0.15, 0.2) is 6.20 Å². The lowest BCUT2D eigenvalue weighted by Gasteiger charge is -2.09. The molecule has 0 radical (unpaired) electrons. The number of halogens is 1. The van der Waals surface area contributed by atoms with Crippen LogP contribution in [0.25, 0.3) is 0 Å². The van der Waals surface area contributed by atoms with Crippen molar-refractivity contribution in [3.05, 3.63) is 17.6 Å². The molecular weight excluding hydrogens is 256 g/mol. The molecule has 0 aliphatic rings. The molecule has 5 nitrogen and oxygen atoms in total. The van der Waals surface area contributed by atoms with E-state index in [0.717, 1.165) is 12.0 Å². The van der Waals surface area contributed by atoms with Crippen LogP contribution in [-0.2, 0) is 15.4 Å². The number of hydrogen-bond acceptors (Lipinski definition) is 5. The maximum atomic E-state index is 5.78. The fourth-order valence-corrected chi connectivity index (χ4v) is 1.48. The van der Waals surface area contributed by atoms with Gasteiger partial charge in [0, 0.05) is 32.1 Å². The van der Waals surface area contributed by atoms with E-state index in [2.05, 4.69) is 9.97 Å². The molecule has 0 spiro atoms. The van der Waals surface area contributed by atoms with Crippen molar-refractivity contribution in [2.24, 2.45) is 0 Å². The van der Waals surface area contributed by atoms with Crippen molar-refractivity contribution >= 4 is 11.6 Å². The van der Waals surface area contributed by atoms with Crippen LogP contribution in [0.2, 0.25) is 0 Å². The third-order valence-corrected chi connectivity index (χ3v) is 2.48. The van der Waals surface area contributed by atoms with Gasteiger partial charge in [-0.1, -0.05) is 0 Å². The molecule has 1 rings (SSSR count). The highest BCUT2D eigenvalue weighted by atomic mass is 35.5. The van der Waals surface area contributed by atoms with Gasteiger partial charge in [-0.3, -0.25) is 0 Å². The number of methoxy groups -OCH3 is 1. The number of aryl methyl sites for hydroxylation is 1. The summed E-state index contributed by atoms with van der Waals surface area (Å²) in [6.07, 6.45) is 2.57. The van der Waals surface area contributed by atoms with Crippen LogP contribution in [0, 0.1) is 6.92 Å². The Kier molecular flexibility index (Phi) is 7.64. The summed E-state index contributed by atoms with van der Waals surface area (Å²) in [6, 6.07) is 0. The fraction of sp³-hybridized carbons (Fsp3) is 0.667. The standard InChI is InChI=1S/C12H19ClN2O3/c1-10-14-9-11(8-13)12(15-10)18-7-6-17-5-3-4-16-2/h9H,3-8H2,1-2H3. The Labute approximate surface area is 112 Å². The van der Waals surface area contributed by atoms with Crippen molar-refractivity contribution in [2.75, 3.05) is 33.5 Å². The Morgan fingerprint density at radius 2 is 2.06 bits per heavy atom. The largest absolute Gasteiger partial charge is 0.475 e. The molecule has 0 fully saturated rings. The number of alkyl halides is 1. The molecule has 1 aromatic heterocycles. The molecule has 0 aliphatic carbocycles. The molecule has 0 N–H and O–H groups in total. The molecule has 102 valence electrons. The quantitative estimate of drug-likeness (QED) is 0.509. The van der Waals surface area contributed by atoms with Crippen molar-refractivity contribution in [1.29, 1.82) is 0 Å². The first-order valence-corrected chi connectivity index (χ1v) is 6.39. The minimum absolute atomic E-state index is 0.338. The minimum atomic E-state index is 0.338. The Morgan fingerprint density at radius 1 is 1.22 bits per heavy atom. The summed E-state index contributed by atoms with van der Waals surface area (Å²) in [5, 5.41) is 0. The number of rotatable bonds is 9. The monoisotopic (exact) mass is 274 g/mol. The Morgan fingerprint density at radius 3 is 2.78 bits per heavy atom. The first kappa shape index (κ1) is 15.1. The number of aromatic nitrogens is 2. The average Bonchev–Trinajstić information content (AvgIpc) is 2.38. The van der Waals surface area contributed by atoms with Crippen molar-refractivity contribution in [2.45, 2.75) is 19.2 Å². The van der Waals surface area contributed by atoms with Crippen LogP contribution < -0.4 is 4.74 Å². The second kappa shape index (κ2) is 9.08. The Balaban J connectivity index is 2.24. The van der Waals surface area contributed by atoms with Gasteiger partial charge in [0.05, 0.1) is 12.5 Å². The van der Waals surface area contributed by atoms with Gasteiger partial charge in [-0.05, 0) is 13.3 Å². The van der Waals surface area contributed by atoms with Gasteiger partial charge in [0.15, 0.2) is 0 Å². The lowest BCUT2D eigenvalue weighted by atomic mass is 10.3. The van der Waals surface area contributed by atoms with Crippen molar-refractivity contribution in [3.8, 4) is 5.88 Å². The summed E-state index contributed by atoms with van der Waals surface area (Å²) < 4.78 is 15.8. The Bertz CT molecular complexity index is 350. The molecule has 0 amide bonds. The molecule has 0 atom stereocenters. The van der Waals surface area contributed by atoms with E-state index in [4.69, 9.17) is 25.8 Å². The molecule has 6 heteroatoms. The summed E-state index contributed by atoms with van der Waals surface area (Å²) in [5.74, 6) is 1.54. The van der Waals surface area contributed by atoms with Crippen molar-refractivity contribution in [3.63, 3.8) is 0 Å². The van der Waals surface area contributed by atoms with Gasteiger partial charge in [-0.25, -0.2) is 4.98 Å². The van der Waals surface area contributed by atoms with E-state index in [1.807, 2.05) is 6.92 Å². The van der Waals surface area contributed by atoms with Crippen molar-refractivity contribution in [1.82, 2.24) is 9.97 Å². The molecule has 18 heavy (non-hydrogen) atoms. The predicted octanol–water partition coefficient (Wildman–Crippen LogP) is 1.96. The SMILES string of the molecule is COCCCOCCOc1nc(C)ncc1CCl. The fourth-order valence-electron chi connectivity index (χ4n) is 1.30. The molecular formula is C12H19ClN2O3. The van der Waals surface area contributed by atoms with Gasteiger partial charge >= 0.3 is 0 Å². The maximum Gasteiger partial charge on any atom is 0.221 e. The highest BCUT2D eigenvalue weighted by molar-refractivity contribution is 6.17. The van der Waals surface area contributed by atoms with E-state index < -0.39 is 0 Å². The molecule has 0 saturated carbocycles. The lowest BCUT2D eigenvalue weighted by Crippen LogP contribution is -2.10. The number of ether oxygens (including phenoxy) is 3. The lowest BCUT2D eigenvalue weighted by molar-refractivity contribution is 0.0793. The molecule has 1 heterocycles. The maximum absolute atomic E-state index is 5.78. The second-order valence-corrected chi connectivity index (χ2v) is 3.96.